The molecule has 0 saturated carbocycles. The van der Waals surface area contributed by atoms with Gasteiger partial charge in [-0.1, -0.05) is 18.2 Å². The molecule has 1 N–H and O–H groups in total. The molecule has 102 valence electrons. The van der Waals surface area contributed by atoms with E-state index in [4.69, 9.17) is 9.47 Å². The number of carbonyl (C=O) groups excluding carboxylic acids is 1. The summed E-state index contributed by atoms with van der Waals surface area (Å²) in [6, 6.07) is 13.5. The van der Waals surface area contributed by atoms with Gasteiger partial charge in [0.05, 0.1) is 12.8 Å². The highest BCUT2D eigenvalue weighted by Crippen LogP contribution is 2.34. The number of hydrogen-bond donors (Lipinski definition) is 1. The molecule has 0 aromatic heterocycles. The number of benzene rings is 2. The zero-order valence-electron chi connectivity index (χ0n) is 11.3. The van der Waals surface area contributed by atoms with Crippen LogP contribution in [0.1, 0.15) is 6.92 Å². The summed E-state index contributed by atoms with van der Waals surface area (Å²) in [6.45, 7) is 1.73. The predicted molar refractivity (Wildman–Crippen MR) is 77.1 cm³/mol. The summed E-state index contributed by atoms with van der Waals surface area (Å²) in [4.78, 5) is 11.6. The third-order valence-electron chi connectivity index (χ3n) is 3.31. The topological polar surface area (TPSA) is 47.6 Å². The summed E-state index contributed by atoms with van der Waals surface area (Å²) in [5.74, 6) is 1.37. The summed E-state index contributed by atoms with van der Waals surface area (Å²) in [6.07, 6.45) is -0.454. The van der Waals surface area contributed by atoms with Gasteiger partial charge in [-0.15, -0.1) is 0 Å². The highest BCUT2D eigenvalue weighted by molar-refractivity contribution is 5.98. The lowest BCUT2D eigenvalue weighted by Crippen LogP contribution is -2.34. The number of hydrogen-bond acceptors (Lipinski definition) is 3. The Bertz CT molecular complexity index is 667. The number of rotatable bonds is 2. The van der Waals surface area contributed by atoms with Crippen LogP contribution in [-0.4, -0.2) is 19.1 Å². The standard InChI is InChI=1S/C16H15NO3/c1-10-16(18)17-14-9-12(6-7-15(14)20-10)11-4-3-5-13(8-11)19-2/h3-10H,1-2H3,(H,17,18). The lowest BCUT2D eigenvalue weighted by molar-refractivity contribution is -0.122. The molecule has 1 atom stereocenters. The Morgan fingerprint density at radius 2 is 1.95 bits per heavy atom. The Hall–Kier alpha value is -2.49. The molecule has 1 aliphatic heterocycles. The van der Waals surface area contributed by atoms with Crippen molar-refractivity contribution >= 4 is 11.6 Å². The molecule has 0 fully saturated rings. The molecule has 20 heavy (non-hydrogen) atoms. The molecule has 0 spiro atoms. The highest BCUT2D eigenvalue weighted by atomic mass is 16.5. The van der Waals surface area contributed by atoms with Crippen LogP contribution in [0.3, 0.4) is 0 Å². The fourth-order valence-electron chi connectivity index (χ4n) is 2.19. The number of amides is 1. The summed E-state index contributed by atoms with van der Waals surface area (Å²) >= 11 is 0. The van der Waals surface area contributed by atoms with E-state index in [1.165, 1.54) is 0 Å². The van der Waals surface area contributed by atoms with Gasteiger partial charge in [0, 0.05) is 0 Å². The minimum Gasteiger partial charge on any atom is -0.497 e. The van der Waals surface area contributed by atoms with Crippen LogP contribution >= 0.6 is 0 Å². The minimum atomic E-state index is -0.454. The third kappa shape index (κ3) is 2.20. The van der Waals surface area contributed by atoms with Crippen LogP contribution in [0.4, 0.5) is 5.69 Å². The average molecular weight is 269 g/mol. The van der Waals surface area contributed by atoms with Gasteiger partial charge in [0.2, 0.25) is 0 Å². The Morgan fingerprint density at radius 1 is 1.15 bits per heavy atom. The SMILES string of the molecule is COc1cccc(-c2ccc3c(c2)NC(=O)C(C)O3)c1. The molecule has 1 unspecified atom stereocenters. The van der Waals surface area contributed by atoms with Gasteiger partial charge in [0.15, 0.2) is 6.10 Å². The van der Waals surface area contributed by atoms with Gasteiger partial charge in [0.1, 0.15) is 11.5 Å². The number of ether oxygens (including phenoxy) is 2. The molecular formula is C16H15NO3. The third-order valence-corrected chi connectivity index (χ3v) is 3.31. The molecule has 1 heterocycles. The molecular weight excluding hydrogens is 254 g/mol. The van der Waals surface area contributed by atoms with Gasteiger partial charge in [-0.25, -0.2) is 0 Å². The van der Waals surface area contributed by atoms with Crippen LogP contribution < -0.4 is 14.8 Å². The van der Waals surface area contributed by atoms with Crippen LogP contribution in [0.5, 0.6) is 11.5 Å². The minimum absolute atomic E-state index is 0.125. The molecule has 1 aliphatic rings. The van der Waals surface area contributed by atoms with E-state index < -0.39 is 6.10 Å². The molecule has 3 rings (SSSR count). The molecule has 2 aromatic carbocycles. The van der Waals surface area contributed by atoms with Crippen LogP contribution in [0.25, 0.3) is 11.1 Å². The molecule has 0 radical (unpaired) electrons. The van der Waals surface area contributed by atoms with E-state index in [2.05, 4.69) is 5.32 Å². The second-order valence-electron chi connectivity index (χ2n) is 4.69. The van der Waals surface area contributed by atoms with Gasteiger partial charge in [-0.3, -0.25) is 4.79 Å². The van der Waals surface area contributed by atoms with Crippen molar-refractivity contribution in [2.45, 2.75) is 13.0 Å². The highest BCUT2D eigenvalue weighted by Gasteiger charge is 2.23. The lowest BCUT2D eigenvalue weighted by atomic mass is 10.0. The van der Waals surface area contributed by atoms with E-state index in [9.17, 15) is 4.79 Å². The van der Waals surface area contributed by atoms with Crippen molar-refractivity contribution in [2.24, 2.45) is 0 Å². The number of nitrogens with one attached hydrogen (secondary N) is 1. The first kappa shape index (κ1) is 12.5. The Kier molecular flexibility index (Phi) is 3.06. The van der Waals surface area contributed by atoms with Gasteiger partial charge in [0.25, 0.3) is 5.91 Å². The Labute approximate surface area is 117 Å². The zero-order chi connectivity index (χ0) is 14.1. The quantitative estimate of drug-likeness (QED) is 0.911. The van der Waals surface area contributed by atoms with E-state index in [0.29, 0.717) is 11.4 Å². The second-order valence-corrected chi connectivity index (χ2v) is 4.69. The number of anilines is 1. The molecule has 0 aliphatic carbocycles. The van der Waals surface area contributed by atoms with Crippen molar-refractivity contribution < 1.29 is 14.3 Å². The van der Waals surface area contributed by atoms with Gasteiger partial charge in [-0.05, 0) is 42.3 Å². The zero-order valence-corrected chi connectivity index (χ0v) is 11.3. The monoisotopic (exact) mass is 269 g/mol. The second kappa shape index (κ2) is 4.89. The first-order valence-corrected chi connectivity index (χ1v) is 6.43. The fraction of sp³-hybridized carbons (Fsp3) is 0.188. The summed E-state index contributed by atoms with van der Waals surface area (Å²) in [5.41, 5.74) is 2.73. The molecule has 0 saturated heterocycles. The number of carbonyl (C=O) groups is 1. The van der Waals surface area contributed by atoms with Gasteiger partial charge < -0.3 is 14.8 Å². The van der Waals surface area contributed by atoms with Gasteiger partial charge >= 0.3 is 0 Å². The van der Waals surface area contributed by atoms with E-state index in [1.807, 2.05) is 42.5 Å². The predicted octanol–water partition coefficient (Wildman–Crippen LogP) is 3.08. The average Bonchev–Trinajstić information content (AvgIpc) is 2.48. The summed E-state index contributed by atoms with van der Waals surface area (Å²) < 4.78 is 10.8. The Balaban J connectivity index is 2.00. The van der Waals surface area contributed by atoms with Crippen molar-refractivity contribution in [3.05, 3.63) is 42.5 Å². The largest absolute Gasteiger partial charge is 0.497 e. The fourth-order valence-corrected chi connectivity index (χ4v) is 2.19. The van der Waals surface area contributed by atoms with E-state index in [-0.39, 0.29) is 5.91 Å². The molecule has 0 bridgehead atoms. The maximum absolute atomic E-state index is 11.6. The van der Waals surface area contributed by atoms with Crippen molar-refractivity contribution in [1.29, 1.82) is 0 Å². The molecule has 4 nitrogen and oxygen atoms in total. The van der Waals surface area contributed by atoms with Crippen molar-refractivity contribution in [2.75, 3.05) is 12.4 Å². The van der Waals surface area contributed by atoms with E-state index in [1.54, 1.807) is 14.0 Å². The van der Waals surface area contributed by atoms with Gasteiger partial charge in [-0.2, -0.15) is 0 Å². The van der Waals surface area contributed by atoms with E-state index >= 15 is 0 Å². The first-order chi connectivity index (χ1) is 9.67. The van der Waals surface area contributed by atoms with Crippen LogP contribution in [0.15, 0.2) is 42.5 Å². The smallest absolute Gasteiger partial charge is 0.265 e. The lowest BCUT2D eigenvalue weighted by Gasteiger charge is -2.23. The van der Waals surface area contributed by atoms with Crippen molar-refractivity contribution in [3.63, 3.8) is 0 Å². The number of fused-ring (bicyclic) bond motifs is 1. The molecule has 1 amide bonds. The summed E-state index contributed by atoms with van der Waals surface area (Å²) in [5, 5.41) is 2.85. The van der Waals surface area contributed by atoms with Crippen molar-refractivity contribution in [3.8, 4) is 22.6 Å². The van der Waals surface area contributed by atoms with Crippen LogP contribution in [0.2, 0.25) is 0 Å². The van der Waals surface area contributed by atoms with Crippen LogP contribution in [0, 0.1) is 0 Å². The van der Waals surface area contributed by atoms with Crippen LogP contribution in [-0.2, 0) is 4.79 Å². The maximum atomic E-state index is 11.6. The normalized spacial score (nSPS) is 16.9. The number of methoxy groups -OCH3 is 1. The first-order valence-electron chi connectivity index (χ1n) is 6.43. The Morgan fingerprint density at radius 3 is 2.75 bits per heavy atom. The molecule has 2 aromatic rings. The van der Waals surface area contributed by atoms with E-state index in [0.717, 1.165) is 16.9 Å². The summed E-state index contributed by atoms with van der Waals surface area (Å²) in [7, 11) is 1.64. The maximum Gasteiger partial charge on any atom is 0.265 e. The molecule has 4 heteroatoms. The van der Waals surface area contributed by atoms with Crippen molar-refractivity contribution in [1.82, 2.24) is 0 Å².